The molecule has 0 heterocycles. The number of urea groups is 1. The lowest BCUT2D eigenvalue weighted by Gasteiger charge is -2.07. The standard InChI is InChI=1S/C13H10BrFN2O/c14-9-1-5-11(6-2-9)16-13(18)17-12-7-3-10(15)4-8-12/h1-8H,(H2,16,17,18). The van der Waals surface area contributed by atoms with Crippen LogP contribution >= 0.6 is 15.9 Å². The number of hydrogen-bond acceptors (Lipinski definition) is 1. The highest BCUT2D eigenvalue weighted by Gasteiger charge is 2.02. The zero-order valence-electron chi connectivity index (χ0n) is 9.28. The van der Waals surface area contributed by atoms with E-state index in [0.717, 1.165) is 4.47 Å². The number of rotatable bonds is 2. The molecule has 0 atom stereocenters. The molecule has 0 aliphatic rings. The Kier molecular flexibility index (Phi) is 3.94. The second kappa shape index (κ2) is 5.64. The second-order valence-electron chi connectivity index (χ2n) is 3.59. The maximum absolute atomic E-state index is 12.7. The third-order valence-electron chi connectivity index (χ3n) is 2.20. The van der Waals surface area contributed by atoms with Crippen LogP contribution in [0.15, 0.2) is 53.0 Å². The largest absolute Gasteiger partial charge is 0.323 e. The zero-order chi connectivity index (χ0) is 13.0. The van der Waals surface area contributed by atoms with Gasteiger partial charge >= 0.3 is 6.03 Å². The summed E-state index contributed by atoms with van der Waals surface area (Å²) in [5.41, 5.74) is 1.21. The smallest absolute Gasteiger partial charge is 0.308 e. The average Bonchev–Trinajstić information content (AvgIpc) is 2.35. The first-order chi connectivity index (χ1) is 8.63. The van der Waals surface area contributed by atoms with Crippen molar-refractivity contribution in [2.75, 3.05) is 10.6 Å². The Labute approximate surface area is 112 Å². The summed E-state index contributed by atoms with van der Waals surface area (Å²) in [4.78, 5) is 11.6. The first kappa shape index (κ1) is 12.6. The van der Waals surface area contributed by atoms with Crippen LogP contribution < -0.4 is 10.6 Å². The molecule has 0 aromatic heterocycles. The van der Waals surface area contributed by atoms with E-state index in [1.165, 1.54) is 24.3 Å². The molecule has 2 N–H and O–H groups in total. The van der Waals surface area contributed by atoms with E-state index in [4.69, 9.17) is 0 Å². The quantitative estimate of drug-likeness (QED) is 0.856. The van der Waals surface area contributed by atoms with Gasteiger partial charge in [-0.05, 0) is 48.5 Å². The monoisotopic (exact) mass is 308 g/mol. The number of anilines is 2. The molecule has 2 rings (SSSR count). The number of carbonyl (C=O) groups is 1. The predicted octanol–water partition coefficient (Wildman–Crippen LogP) is 4.23. The molecule has 2 amide bonds. The first-order valence-corrected chi connectivity index (χ1v) is 6.02. The normalized spacial score (nSPS) is 9.89. The average molecular weight is 309 g/mol. The minimum atomic E-state index is -0.371. The van der Waals surface area contributed by atoms with E-state index < -0.39 is 0 Å². The van der Waals surface area contributed by atoms with E-state index in [-0.39, 0.29) is 11.8 Å². The number of benzene rings is 2. The molecule has 0 aliphatic carbocycles. The van der Waals surface area contributed by atoms with Crippen LogP contribution in [0.25, 0.3) is 0 Å². The first-order valence-electron chi connectivity index (χ1n) is 5.22. The van der Waals surface area contributed by atoms with Gasteiger partial charge in [-0.15, -0.1) is 0 Å². The predicted molar refractivity (Wildman–Crippen MR) is 73.2 cm³/mol. The second-order valence-corrected chi connectivity index (χ2v) is 4.51. The Balaban J connectivity index is 1.96. The van der Waals surface area contributed by atoms with E-state index in [0.29, 0.717) is 11.4 Å². The molecule has 0 unspecified atom stereocenters. The van der Waals surface area contributed by atoms with Gasteiger partial charge in [0.05, 0.1) is 0 Å². The van der Waals surface area contributed by atoms with Crippen molar-refractivity contribution in [2.45, 2.75) is 0 Å². The van der Waals surface area contributed by atoms with Crippen LogP contribution in [0.4, 0.5) is 20.6 Å². The van der Waals surface area contributed by atoms with Gasteiger partial charge in [0.25, 0.3) is 0 Å². The summed E-state index contributed by atoms with van der Waals surface area (Å²) in [7, 11) is 0. The molecular weight excluding hydrogens is 299 g/mol. The number of halogens is 2. The van der Waals surface area contributed by atoms with Crippen molar-refractivity contribution in [3.63, 3.8) is 0 Å². The highest BCUT2D eigenvalue weighted by Crippen LogP contribution is 2.14. The summed E-state index contributed by atoms with van der Waals surface area (Å²) in [5, 5.41) is 5.27. The molecule has 0 saturated carbocycles. The Bertz CT molecular complexity index is 490. The van der Waals surface area contributed by atoms with E-state index in [1.807, 2.05) is 12.1 Å². The summed E-state index contributed by atoms with van der Waals surface area (Å²) >= 11 is 3.31. The van der Waals surface area contributed by atoms with Crippen LogP contribution in [0.1, 0.15) is 0 Å². The molecule has 0 fully saturated rings. The number of hydrogen-bond donors (Lipinski definition) is 2. The molecule has 0 radical (unpaired) electrons. The summed E-state index contributed by atoms with van der Waals surface area (Å²) in [6.45, 7) is 0. The minimum absolute atomic E-state index is 0.339. The highest BCUT2D eigenvalue weighted by atomic mass is 79.9. The lowest BCUT2D eigenvalue weighted by molar-refractivity contribution is 0.262. The molecule has 18 heavy (non-hydrogen) atoms. The Morgan fingerprint density at radius 3 is 1.83 bits per heavy atom. The van der Waals surface area contributed by atoms with Crippen molar-refractivity contribution in [3.8, 4) is 0 Å². The van der Waals surface area contributed by atoms with Gasteiger partial charge in [-0.3, -0.25) is 0 Å². The maximum Gasteiger partial charge on any atom is 0.323 e. The van der Waals surface area contributed by atoms with Crippen LogP contribution in [0.3, 0.4) is 0 Å². The van der Waals surface area contributed by atoms with Crippen LogP contribution in [-0.2, 0) is 0 Å². The van der Waals surface area contributed by atoms with Crippen LogP contribution in [0, 0.1) is 5.82 Å². The molecule has 5 heteroatoms. The van der Waals surface area contributed by atoms with Crippen molar-refractivity contribution in [2.24, 2.45) is 0 Å². The Hall–Kier alpha value is -1.88. The molecule has 0 bridgehead atoms. The fourth-order valence-corrected chi connectivity index (χ4v) is 1.62. The molecule has 0 aliphatic heterocycles. The number of carbonyl (C=O) groups excluding carboxylic acids is 1. The third kappa shape index (κ3) is 3.56. The van der Waals surface area contributed by atoms with Gasteiger partial charge in [0.2, 0.25) is 0 Å². The minimum Gasteiger partial charge on any atom is -0.308 e. The number of nitrogens with one attached hydrogen (secondary N) is 2. The maximum atomic E-state index is 12.7. The molecular formula is C13H10BrFN2O. The van der Waals surface area contributed by atoms with Gasteiger partial charge in [0, 0.05) is 15.8 Å². The molecule has 0 saturated heterocycles. The highest BCUT2D eigenvalue weighted by molar-refractivity contribution is 9.10. The number of amides is 2. The van der Waals surface area contributed by atoms with Gasteiger partial charge in [-0.1, -0.05) is 15.9 Å². The molecule has 2 aromatic carbocycles. The van der Waals surface area contributed by atoms with Crippen molar-refractivity contribution in [3.05, 3.63) is 58.8 Å². The third-order valence-corrected chi connectivity index (χ3v) is 2.73. The van der Waals surface area contributed by atoms with Crippen molar-refractivity contribution in [1.82, 2.24) is 0 Å². The van der Waals surface area contributed by atoms with Crippen molar-refractivity contribution >= 4 is 33.3 Å². The Morgan fingerprint density at radius 1 is 0.889 bits per heavy atom. The lowest BCUT2D eigenvalue weighted by atomic mass is 10.3. The SMILES string of the molecule is O=C(Nc1ccc(F)cc1)Nc1ccc(Br)cc1. The van der Waals surface area contributed by atoms with Gasteiger partial charge in [-0.2, -0.15) is 0 Å². The Morgan fingerprint density at radius 2 is 1.33 bits per heavy atom. The summed E-state index contributed by atoms with van der Waals surface area (Å²) in [6, 6.07) is 12.4. The van der Waals surface area contributed by atoms with Gasteiger partial charge in [-0.25, -0.2) is 9.18 Å². The fourth-order valence-electron chi connectivity index (χ4n) is 1.36. The van der Waals surface area contributed by atoms with E-state index in [9.17, 15) is 9.18 Å². The van der Waals surface area contributed by atoms with Crippen LogP contribution in [0.5, 0.6) is 0 Å². The topological polar surface area (TPSA) is 41.1 Å². The molecule has 2 aromatic rings. The van der Waals surface area contributed by atoms with Crippen molar-refractivity contribution < 1.29 is 9.18 Å². The van der Waals surface area contributed by atoms with Crippen LogP contribution in [0.2, 0.25) is 0 Å². The van der Waals surface area contributed by atoms with E-state index >= 15 is 0 Å². The van der Waals surface area contributed by atoms with Crippen molar-refractivity contribution in [1.29, 1.82) is 0 Å². The lowest BCUT2D eigenvalue weighted by Crippen LogP contribution is -2.19. The van der Waals surface area contributed by atoms with Crippen LogP contribution in [-0.4, -0.2) is 6.03 Å². The fraction of sp³-hybridized carbons (Fsp3) is 0. The molecule has 92 valence electrons. The van der Waals surface area contributed by atoms with Gasteiger partial charge in [0.15, 0.2) is 0 Å². The van der Waals surface area contributed by atoms with E-state index in [2.05, 4.69) is 26.6 Å². The van der Waals surface area contributed by atoms with E-state index in [1.54, 1.807) is 12.1 Å². The zero-order valence-corrected chi connectivity index (χ0v) is 10.9. The summed E-state index contributed by atoms with van der Waals surface area (Å²) in [5.74, 6) is -0.339. The summed E-state index contributed by atoms with van der Waals surface area (Å²) < 4.78 is 13.6. The molecule has 0 spiro atoms. The molecule has 3 nitrogen and oxygen atoms in total. The van der Waals surface area contributed by atoms with Gasteiger partial charge < -0.3 is 10.6 Å². The van der Waals surface area contributed by atoms with Gasteiger partial charge in [0.1, 0.15) is 5.82 Å². The summed E-state index contributed by atoms with van der Waals surface area (Å²) in [6.07, 6.45) is 0.